The molecule has 0 heterocycles. The molecule has 0 saturated heterocycles. The molecule has 0 spiro atoms. The lowest BCUT2D eigenvalue weighted by Gasteiger charge is -2.37. The summed E-state index contributed by atoms with van der Waals surface area (Å²) in [5, 5.41) is 0.804. The van der Waals surface area contributed by atoms with Crippen molar-refractivity contribution >= 4 is 11.6 Å². The molecule has 1 aromatic rings. The molecule has 0 bridgehead atoms. The van der Waals surface area contributed by atoms with Crippen LogP contribution in [0, 0.1) is 5.92 Å². The second-order valence-electron chi connectivity index (χ2n) is 6.25. The summed E-state index contributed by atoms with van der Waals surface area (Å²) in [6, 6.07) is 8.15. The maximum absolute atomic E-state index is 6.59. The van der Waals surface area contributed by atoms with Crippen molar-refractivity contribution in [3.8, 4) is 0 Å². The Morgan fingerprint density at radius 1 is 1.21 bits per heavy atom. The van der Waals surface area contributed by atoms with Crippen LogP contribution in [0.1, 0.15) is 57.4 Å². The van der Waals surface area contributed by atoms with Crippen LogP contribution in [0.5, 0.6) is 0 Å². The summed E-state index contributed by atoms with van der Waals surface area (Å²) in [5.74, 6) is 0.918. The maximum atomic E-state index is 6.59. The minimum absolute atomic E-state index is 0.0105. The third kappa shape index (κ3) is 4.50. The molecule has 1 aliphatic rings. The predicted molar refractivity (Wildman–Crippen MR) is 83.6 cm³/mol. The number of benzene rings is 1. The molecule has 2 heteroatoms. The van der Waals surface area contributed by atoms with Gasteiger partial charge in [0.1, 0.15) is 0 Å². The molecule has 19 heavy (non-hydrogen) atoms. The lowest BCUT2D eigenvalue weighted by Crippen LogP contribution is -2.45. The van der Waals surface area contributed by atoms with E-state index in [2.05, 4.69) is 19.1 Å². The van der Waals surface area contributed by atoms with Gasteiger partial charge < -0.3 is 5.73 Å². The van der Waals surface area contributed by atoms with Crippen LogP contribution >= 0.6 is 11.6 Å². The SMILES string of the molecule is CCCCC1CCC(N)(Cc2ccc(Cl)cc2)CC1. The third-order valence-corrected chi connectivity index (χ3v) is 4.79. The van der Waals surface area contributed by atoms with E-state index in [1.807, 2.05) is 12.1 Å². The summed E-state index contributed by atoms with van der Waals surface area (Å²) in [6.45, 7) is 2.27. The van der Waals surface area contributed by atoms with Crippen molar-refractivity contribution in [1.82, 2.24) is 0 Å². The molecule has 0 radical (unpaired) electrons. The van der Waals surface area contributed by atoms with Crippen molar-refractivity contribution in [3.05, 3.63) is 34.9 Å². The van der Waals surface area contributed by atoms with E-state index >= 15 is 0 Å². The monoisotopic (exact) mass is 279 g/mol. The quantitative estimate of drug-likeness (QED) is 0.810. The van der Waals surface area contributed by atoms with Crippen molar-refractivity contribution < 1.29 is 0 Å². The smallest absolute Gasteiger partial charge is 0.0406 e. The van der Waals surface area contributed by atoms with Crippen LogP contribution in [0.25, 0.3) is 0 Å². The first kappa shape index (κ1) is 14.9. The minimum Gasteiger partial charge on any atom is -0.325 e. The van der Waals surface area contributed by atoms with Crippen LogP contribution in [0.3, 0.4) is 0 Å². The van der Waals surface area contributed by atoms with Crippen molar-refractivity contribution in [3.63, 3.8) is 0 Å². The molecule has 2 N–H and O–H groups in total. The molecular formula is C17H26ClN. The van der Waals surface area contributed by atoms with Gasteiger partial charge in [0.25, 0.3) is 0 Å². The average molecular weight is 280 g/mol. The number of nitrogens with two attached hydrogens (primary N) is 1. The average Bonchev–Trinajstić information content (AvgIpc) is 2.41. The van der Waals surface area contributed by atoms with Gasteiger partial charge in [-0.05, 0) is 55.7 Å². The van der Waals surface area contributed by atoms with E-state index in [0.717, 1.165) is 17.4 Å². The highest BCUT2D eigenvalue weighted by atomic mass is 35.5. The van der Waals surface area contributed by atoms with Gasteiger partial charge in [0.05, 0.1) is 0 Å². The lowest BCUT2D eigenvalue weighted by molar-refractivity contribution is 0.221. The second-order valence-corrected chi connectivity index (χ2v) is 6.69. The van der Waals surface area contributed by atoms with Gasteiger partial charge in [-0.3, -0.25) is 0 Å². The van der Waals surface area contributed by atoms with Crippen LogP contribution in [-0.4, -0.2) is 5.54 Å². The topological polar surface area (TPSA) is 26.0 Å². The summed E-state index contributed by atoms with van der Waals surface area (Å²) in [5.41, 5.74) is 7.92. The summed E-state index contributed by atoms with van der Waals surface area (Å²) < 4.78 is 0. The lowest BCUT2D eigenvalue weighted by atomic mass is 9.73. The largest absolute Gasteiger partial charge is 0.325 e. The Bertz CT molecular complexity index is 377. The molecule has 106 valence electrons. The van der Waals surface area contributed by atoms with Gasteiger partial charge in [0.15, 0.2) is 0 Å². The van der Waals surface area contributed by atoms with E-state index in [4.69, 9.17) is 17.3 Å². The summed E-state index contributed by atoms with van der Waals surface area (Å²) >= 11 is 5.93. The van der Waals surface area contributed by atoms with Crippen LogP contribution in [-0.2, 0) is 6.42 Å². The molecule has 0 unspecified atom stereocenters. The molecule has 1 aromatic carbocycles. The minimum atomic E-state index is 0.0105. The fourth-order valence-electron chi connectivity index (χ4n) is 3.22. The van der Waals surface area contributed by atoms with E-state index < -0.39 is 0 Å². The highest BCUT2D eigenvalue weighted by Gasteiger charge is 2.31. The molecule has 1 aliphatic carbocycles. The number of hydrogen-bond acceptors (Lipinski definition) is 1. The molecule has 0 amide bonds. The second kappa shape index (κ2) is 6.76. The van der Waals surface area contributed by atoms with E-state index in [9.17, 15) is 0 Å². The summed E-state index contributed by atoms with van der Waals surface area (Å²) in [4.78, 5) is 0. The Hall–Kier alpha value is -0.530. The first-order chi connectivity index (χ1) is 9.11. The van der Waals surface area contributed by atoms with E-state index in [1.54, 1.807) is 0 Å². The molecule has 1 nitrogen and oxygen atoms in total. The highest BCUT2D eigenvalue weighted by Crippen LogP contribution is 2.35. The Morgan fingerprint density at radius 3 is 2.42 bits per heavy atom. The van der Waals surface area contributed by atoms with Gasteiger partial charge in [0.2, 0.25) is 0 Å². The highest BCUT2D eigenvalue weighted by molar-refractivity contribution is 6.30. The first-order valence-corrected chi connectivity index (χ1v) is 8.02. The fraction of sp³-hybridized carbons (Fsp3) is 0.647. The van der Waals surface area contributed by atoms with E-state index in [1.165, 1.54) is 50.5 Å². The molecule has 0 atom stereocenters. The predicted octanol–water partition coefficient (Wildman–Crippen LogP) is 4.96. The van der Waals surface area contributed by atoms with Crippen molar-refractivity contribution in [2.45, 2.75) is 63.8 Å². The van der Waals surface area contributed by atoms with Gasteiger partial charge in [0, 0.05) is 10.6 Å². The Balaban J connectivity index is 1.85. The van der Waals surface area contributed by atoms with E-state index in [-0.39, 0.29) is 5.54 Å². The summed E-state index contributed by atoms with van der Waals surface area (Å²) in [7, 11) is 0. The van der Waals surface area contributed by atoms with Crippen LogP contribution in [0.2, 0.25) is 5.02 Å². The van der Waals surface area contributed by atoms with Gasteiger partial charge >= 0.3 is 0 Å². The molecule has 1 saturated carbocycles. The van der Waals surface area contributed by atoms with E-state index in [0.29, 0.717) is 0 Å². The zero-order valence-electron chi connectivity index (χ0n) is 12.0. The zero-order chi connectivity index (χ0) is 13.7. The molecule has 2 rings (SSSR count). The maximum Gasteiger partial charge on any atom is 0.0406 e. The van der Waals surface area contributed by atoms with Gasteiger partial charge in [-0.25, -0.2) is 0 Å². The van der Waals surface area contributed by atoms with Crippen molar-refractivity contribution in [2.75, 3.05) is 0 Å². The van der Waals surface area contributed by atoms with Gasteiger partial charge in [-0.15, -0.1) is 0 Å². The van der Waals surface area contributed by atoms with Crippen molar-refractivity contribution in [1.29, 1.82) is 0 Å². The number of hydrogen-bond donors (Lipinski definition) is 1. The Labute approximate surface area is 122 Å². The van der Waals surface area contributed by atoms with Gasteiger partial charge in [-0.1, -0.05) is 49.9 Å². The van der Waals surface area contributed by atoms with Gasteiger partial charge in [-0.2, -0.15) is 0 Å². The first-order valence-electron chi connectivity index (χ1n) is 7.65. The standard InChI is InChI=1S/C17H26ClN/c1-2-3-4-14-9-11-17(19,12-10-14)13-15-5-7-16(18)8-6-15/h5-8,14H,2-4,9-13,19H2,1H3. The summed E-state index contributed by atoms with van der Waals surface area (Å²) in [6.07, 6.45) is 10.0. The van der Waals surface area contributed by atoms with Crippen molar-refractivity contribution in [2.24, 2.45) is 11.7 Å². The van der Waals surface area contributed by atoms with Crippen LogP contribution < -0.4 is 5.73 Å². The van der Waals surface area contributed by atoms with Crippen LogP contribution in [0.15, 0.2) is 24.3 Å². The molecular weight excluding hydrogens is 254 g/mol. The Kier molecular flexibility index (Phi) is 5.29. The fourth-order valence-corrected chi connectivity index (χ4v) is 3.35. The molecule has 1 fully saturated rings. The number of unbranched alkanes of at least 4 members (excludes halogenated alkanes) is 1. The normalized spacial score (nSPS) is 27.4. The van der Waals surface area contributed by atoms with Crippen LogP contribution in [0.4, 0.5) is 0 Å². The zero-order valence-corrected chi connectivity index (χ0v) is 12.8. The number of rotatable bonds is 5. The number of halogens is 1. The molecule has 0 aromatic heterocycles. The molecule has 0 aliphatic heterocycles. The Morgan fingerprint density at radius 2 is 1.84 bits per heavy atom. The third-order valence-electron chi connectivity index (χ3n) is 4.54.